The summed E-state index contributed by atoms with van der Waals surface area (Å²) in [7, 11) is 0. The number of aliphatic carboxylic acids is 1. The van der Waals surface area contributed by atoms with Gasteiger partial charge in [-0.3, -0.25) is 9.59 Å². The molecule has 0 heterocycles. The molecule has 0 unspecified atom stereocenters. The monoisotopic (exact) mass is 217 g/mol. The quantitative estimate of drug-likeness (QED) is 0.344. The number of carboxylic acids is 1. The maximum atomic E-state index is 11.3. The van der Waals surface area contributed by atoms with Crippen molar-refractivity contribution in [3.05, 3.63) is 0 Å². The van der Waals surface area contributed by atoms with E-state index < -0.39 is 23.3 Å². The normalized spacial score (nSPS) is 10.5. The average Bonchev–Trinajstić information content (AvgIpc) is 2.11. The van der Waals surface area contributed by atoms with Crippen molar-refractivity contribution in [3.63, 3.8) is 0 Å². The van der Waals surface area contributed by atoms with Crippen LogP contribution < -0.4 is 16.4 Å². The van der Waals surface area contributed by atoms with Gasteiger partial charge in [-0.2, -0.15) is 0 Å². The van der Waals surface area contributed by atoms with Gasteiger partial charge in [0, 0.05) is 13.1 Å². The molecule has 0 bridgehead atoms. The van der Waals surface area contributed by atoms with Crippen molar-refractivity contribution in [3.8, 4) is 0 Å². The van der Waals surface area contributed by atoms with Gasteiger partial charge in [0.15, 0.2) is 0 Å². The van der Waals surface area contributed by atoms with Gasteiger partial charge in [-0.15, -0.1) is 0 Å². The second-order valence-electron chi connectivity index (χ2n) is 3.48. The fourth-order valence-corrected chi connectivity index (χ4v) is 0.680. The van der Waals surface area contributed by atoms with E-state index in [1.807, 2.05) is 0 Å². The topological polar surface area (TPSA) is 122 Å². The lowest BCUT2D eigenvalue weighted by molar-refractivity contribution is -0.153. The number of carbonyl (C=O) groups excluding carboxylic acids is 2. The van der Waals surface area contributed by atoms with E-state index in [2.05, 4.69) is 10.6 Å². The van der Waals surface area contributed by atoms with E-state index in [-0.39, 0.29) is 13.1 Å². The Hall–Kier alpha value is -1.79. The summed E-state index contributed by atoms with van der Waals surface area (Å²) in [6.45, 7) is 2.90. The van der Waals surface area contributed by atoms with E-state index in [1.165, 1.54) is 13.8 Å². The second-order valence-corrected chi connectivity index (χ2v) is 3.48. The SMILES string of the molecule is CC(C)(C(=O)O)C(=O)NCCNC(N)=O. The van der Waals surface area contributed by atoms with E-state index in [4.69, 9.17) is 10.8 Å². The molecule has 15 heavy (non-hydrogen) atoms. The number of carboxylic acid groups (broad SMARTS) is 1. The van der Waals surface area contributed by atoms with Crippen LogP contribution in [0.25, 0.3) is 0 Å². The Labute approximate surface area is 87.0 Å². The minimum Gasteiger partial charge on any atom is -0.480 e. The molecule has 0 rings (SSSR count). The molecule has 0 aliphatic heterocycles. The van der Waals surface area contributed by atoms with Gasteiger partial charge in [-0.1, -0.05) is 0 Å². The van der Waals surface area contributed by atoms with Crippen molar-refractivity contribution in [2.24, 2.45) is 11.1 Å². The molecule has 5 N–H and O–H groups in total. The van der Waals surface area contributed by atoms with Crippen LogP contribution in [0.5, 0.6) is 0 Å². The molecule has 0 spiro atoms. The van der Waals surface area contributed by atoms with Gasteiger partial charge in [0.25, 0.3) is 0 Å². The van der Waals surface area contributed by atoms with Crippen LogP contribution >= 0.6 is 0 Å². The first kappa shape index (κ1) is 13.2. The second kappa shape index (κ2) is 5.18. The summed E-state index contributed by atoms with van der Waals surface area (Å²) < 4.78 is 0. The third-order valence-corrected chi connectivity index (χ3v) is 1.81. The van der Waals surface area contributed by atoms with Gasteiger partial charge < -0.3 is 21.5 Å². The molecule has 0 radical (unpaired) electrons. The van der Waals surface area contributed by atoms with Crippen molar-refractivity contribution in [2.45, 2.75) is 13.8 Å². The molecule has 0 atom stereocenters. The Balaban J connectivity index is 3.94. The van der Waals surface area contributed by atoms with E-state index >= 15 is 0 Å². The smallest absolute Gasteiger partial charge is 0.318 e. The highest BCUT2D eigenvalue weighted by molar-refractivity contribution is 6.00. The molecule has 0 aromatic rings. The van der Waals surface area contributed by atoms with Gasteiger partial charge in [-0.25, -0.2) is 4.79 Å². The lowest BCUT2D eigenvalue weighted by Gasteiger charge is -2.18. The van der Waals surface area contributed by atoms with Crippen molar-refractivity contribution in [1.82, 2.24) is 10.6 Å². The fourth-order valence-electron chi connectivity index (χ4n) is 0.680. The summed E-state index contributed by atoms with van der Waals surface area (Å²) in [5, 5.41) is 13.3. The molecular formula is C8H15N3O4. The minimum atomic E-state index is -1.48. The van der Waals surface area contributed by atoms with Gasteiger partial charge in [-0.05, 0) is 13.8 Å². The molecule has 0 saturated carbocycles. The number of primary amides is 1. The third-order valence-electron chi connectivity index (χ3n) is 1.81. The van der Waals surface area contributed by atoms with E-state index in [0.29, 0.717) is 0 Å². The molecule has 0 saturated heterocycles. The number of carbonyl (C=O) groups is 3. The Bertz CT molecular complexity index is 275. The van der Waals surface area contributed by atoms with Crippen LogP contribution in [0.1, 0.15) is 13.8 Å². The van der Waals surface area contributed by atoms with Crippen LogP contribution in [-0.2, 0) is 9.59 Å². The molecule has 7 heteroatoms. The van der Waals surface area contributed by atoms with Crippen LogP contribution in [0.3, 0.4) is 0 Å². The average molecular weight is 217 g/mol. The molecule has 0 fully saturated rings. The van der Waals surface area contributed by atoms with Crippen molar-refractivity contribution < 1.29 is 19.5 Å². The maximum absolute atomic E-state index is 11.3. The zero-order valence-electron chi connectivity index (χ0n) is 8.66. The Morgan fingerprint density at radius 2 is 1.67 bits per heavy atom. The van der Waals surface area contributed by atoms with Gasteiger partial charge in [0.05, 0.1) is 0 Å². The molecule has 3 amide bonds. The molecule has 0 aliphatic rings. The summed E-state index contributed by atoms with van der Waals surface area (Å²) in [5.41, 5.74) is 3.31. The molecule has 7 nitrogen and oxygen atoms in total. The van der Waals surface area contributed by atoms with Crippen LogP contribution in [0, 0.1) is 5.41 Å². The van der Waals surface area contributed by atoms with Crippen molar-refractivity contribution in [1.29, 1.82) is 0 Å². The van der Waals surface area contributed by atoms with Crippen LogP contribution in [0.15, 0.2) is 0 Å². The van der Waals surface area contributed by atoms with E-state index in [1.54, 1.807) is 0 Å². The molecule has 0 aliphatic carbocycles. The third kappa shape index (κ3) is 4.30. The standard InChI is InChI=1S/C8H15N3O4/c1-8(2,6(13)14)5(12)10-3-4-11-7(9)15/h3-4H2,1-2H3,(H,10,12)(H,13,14)(H3,9,11,15). The van der Waals surface area contributed by atoms with Gasteiger partial charge in [0.2, 0.25) is 5.91 Å². The predicted molar refractivity (Wildman–Crippen MR) is 52.0 cm³/mol. The summed E-state index contributed by atoms with van der Waals surface area (Å²) >= 11 is 0. The predicted octanol–water partition coefficient (Wildman–Crippen LogP) is -1.12. The molecule has 0 aromatic carbocycles. The zero-order valence-corrected chi connectivity index (χ0v) is 8.66. The Kier molecular flexibility index (Phi) is 4.56. The zero-order chi connectivity index (χ0) is 12.1. The number of amides is 3. The van der Waals surface area contributed by atoms with Crippen LogP contribution in [0.4, 0.5) is 4.79 Å². The van der Waals surface area contributed by atoms with Crippen LogP contribution in [-0.4, -0.2) is 36.1 Å². The number of hydrogen-bond donors (Lipinski definition) is 4. The highest BCUT2D eigenvalue weighted by Gasteiger charge is 2.35. The number of nitrogens with two attached hydrogens (primary N) is 1. The first-order chi connectivity index (χ1) is 6.78. The molecular weight excluding hydrogens is 202 g/mol. The number of nitrogens with one attached hydrogen (secondary N) is 2. The van der Waals surface area contributed by atoms with Crippen molar-refractivity contribution >= 4 is 17.9 Å². The number of rotatable bonds is 5. The fraction of sp³-hybridized carbons (Fsp3) is 0.625. The number of urea groups is 1. The molecule has 0 aromatic heterocycles. The van der Waals surface area contributed by atoms with Gasteiger partial charge in [0.1, 0.15) is 5.41 Å². The van der Waals surface area contributed by atoms with Crippen molar-refractivity contribution in [2.75, 3.05) is 13.1 Å². The van der Waals surface area contributed by atoms with Crippen LogP contribution in [0.2, 0.25) is 0 Å². The van der Waals surface area contributed by atoms with E-state index in [9.17, 15) is 14.4 Å². The summed E-state index contributed by atoms with van der Waals surface area (Å²) in [4.78, 5) is 32.2. The summed E-state index contributed by atoms with van der Waals surface area (Å²) in [6, 6.07) is -0.693. The lowest BCUT2D eigenvalue weighted by atomic mass is 9.93. The highest BCUT2D eigenvalue weighted by atomic mass is 16.4. The lowest BCUT2D eigenvalue weighted by Crippen LogP contribution is -2.45. The Morgan fingerprint density at radius 3 is 2.07 bits per heavy atom. The largest absolute Gasteiger partial charge is 0.480 e. The summed E-state index contributed by atoms with van der Waals surface area (Å²) in [6.07, 6.45) is 0. The minimum absolute atomic E-state index is 0.137. The van der Waals surface area contributed by atoms with Gasteiger partial charge >= 0.3 is 12.0 Å². The first-order valence-corrected chi connectivity index (χ1v) is 4.33. The first-order valence-electron chi connectivity index (χ1n) is 4.33. The Morgan fingerprint density at radius 1 is 1.20 bits per heavy atom. The van der Waals surface area contributed by atoms with E-state index in [0.717, 1.165) is 0 Å². The summed E-state index contributed by atoms with van der Waals surface area (Å²) in [5.74, 6) is -1.82. The molecule has 86 valence electrons. The maximum Gasteiger partial charge on any atom is 0.318 e. The highest BCUT2D eigenvalue weighted by Crippen LogP contribution is 2.14. The number of hydrogen-bond acceptors (Lipinski definition) is 3.